The molecule has 0 spiro atoms. The summed E-state index contributed by atoms with van der Waals surface area (Å²) >= 11 is 6.06. The molecule has 0 heterocycles. The van der Waals surface area contributed by atoms with Gasteiger partial charge in [-0.15, -0.1) is 0 Å². The van der Waals surface area contributed by atoms with Crippen LogP contribution >= 0.6 is 11.6 Å². The molecule has 6 heteroatoms. The predicted octanol–water partition coefficient (Wildman–Crippen LogP) is 3.04. The predicted molar refractivity (Wildman–Crippen MR) is 82.4 cm³/mol. The molecular weight excluding hydrogens is 296 g/mol. The van der Waals surface area contributed by atoms with Crippen LogP contribution in [0, 0.1) is 12.8 Å². The Morgan fingerprint density at radius 1 is 1.40 bits per heavy atom. The van der Waals surface area contributed by atoms with Crippen molar-refractivity contribution in [3.05, 3.63) is 22.7 Å². The van der Waals surface area contributed by atoms with Gasteiger partial charge >= 0.3 is 0 Å². The van der Waals surface area contributed by atoms with Crippen molar-refractivity contribution in [2.45, 2.75) is 38.0 Å². The van der Waals surface area contributed by atoms with E-state index in [0.717, 1.165) is 24.8 Å². The molecule has 0 unspecified atom stereocenters. The van der Waals surface area contributed by atoms with Gasteiger partial charge in [0.25, 0.3) is 0 Å². The summed E-state index contributed by atoms with van der Waals surface area (Å²) in [4.78, 5) is 0.194. The molecule has 1 saturated carbocycles. The first-order chi connectivity index (χ1) is 9.36. The van der Waals surface area contributed by atoms with E-state index in [1.807, 2.05) is 6.92 Å². The maximum Gasteiger partial charge on any atom is 0.243 e. The second-order valence-corrected chi connectivity index (χ2v) is 7.77. The summed E-state index contributed by atoms with van der Waals surface area (Å²) in [6, 6.07) is 3.00. The molecule has 2 rings (SSSR count). The molecule has 0 aliphatic heterocycles. The third-order valence-electron chi connectivity index (χ3n) is 3.63. The Bertz CT molecular complexity index is 574. The average Bonchev–Trinajstić information content (AvgIpc) is 3.18. The molecule has 112 valence electrons. The van der Waals surface area contributed by atoms with Crippen molar-refractivity contribution in [1.29, 1.82) is 0 Å². The van der Waals surface area contributed by atoms with E-state index >= 15 is 0 Å². The van der Waals surface area contributed by atoms with Crippen molar-refractivity contribution >= 4 is 27.3 Å². The van der Waals surface area contributed by atoms with Gasteiger partial charge in [-0.1, -0.05) is 18.5 Å². The Balaban J connectivity index is 2.35. The van der Waals surface area contributed by atoms with Gasteiger partial charge in [-0.25, -0.2) is 8.42 Å². The van der Waals surface area contributed by atoms with E-state index in [1.54, 1.807) is 11.2 Å². The van der Waals surface area contributed by atoms with Gasteiger partial charge in [0.1, 0.15) is 0 Å². The van der Waals surface area contributed by atoms with Crippen LogP contribution in [0.3, 0.4) is 0 Å². The zero-order valence-corrected chi connectivity index (χ0v) is 13.5. The number of anilines is 1. The van der Waals surface area contributed by atoms with Crippen molar-refractivity contribution in [1.82, 2.24) is 4.31 Å². The van der Waals surface area contributed by atoms with E-state index in [-0.39, 0.29) is 4.90 Å². The van der Waals surface area contributed by atoms with E-state index in [1.165, 1.54) is 12.1 Å². The minimum Gasteiger partial charge on any atom is -0.398 e. The number of halogens is 1. The largest absolute Gasteiger partial charge is 0.398 e. The molecule has 1 aromatic rings. The maximum atomic E-state index is 12.7. The molecule has 1 aliphatic rings. The number of rotatable bonds is 6. The lowest BCUT2D eigenvalue weighted by Crippen LogP contribution is -2.33. The van der Waals surface area contributed by atoms with Gasteiger partial charge in [0, 0.05) is 23.8 Å². The van der Waals surface area contributed by atoms with Gasteiger partial charge in [-0.2, -0.15) is 4.31 Å². The summed E-state index contributed by atoms with van der Waals surface area (Å²) in [7, 11) is -3.51. The molecule has 0 radical (unpaired) electrons. The number of nitrogens with zero attached hydrogens (tertiary/aromatic N) is 1. The fourth-order valence-electron chi connectivity index (χ4n) is 2.12. The quantitative estimate of drug-likeness (QED) is 0.820. The summed E-state index contributed by atoms with van der Waals surface area (Å²) in [5, 5.41) is 0.395. The highest BCUT2D eigenvalue weighted by Gasteiger charge is 2.31. The van der Waals surface area contributed by atoms with Crippen LogP contribution in [-0.4, -0.2) is 25.8 Å². The van der Waals surface area contributed by atoms with E-state index in [4.69, 9.17) is 17.3 Å². The lowest BCUT2D eigenvalue weighted by atomic mass is 10.2. The molecule has 0 amide bonds. The van der Waals surface area contributed by atoms with Crippen molar-refractivity contribution in [2.75, 3.05) is 18.8 Å². The number of nitrogen functional groups attached to an aromatic ring is 1. The summed E-state index contributed by atoms with van der Waals surface area (Å²) in [5.41, 5.74) is 6.97. The normalized spacial score (nSPS) is 15.8. The smallest absolute Gasteiger partial charge is 0.243 e. The van der Waals surface area contributed by atoms with Gasteiger partial charge in [-0.05, 0) is 49.8 Å². The van der Waals surface area contributed by atoms with Crippen LogP contribution < -0.4 is 5.73 Å². The molecule has 0 bridgehead atoms. The zero-order valence-electron chi connectivity index (χ0n) is 11.9. The van der Waals surface area contributed by atoms with Crippen LogP contribution in [0.15, 0.2) is 17.0 Å². The van der Waals surface area contributed by atoms with E-state index in [0.29, 0.717) is 29.7 Å². The third-order valence-corrected chi connectivity index (χ3v) is 5.86. The minimum atomic E-state index is -3.51. The minimum absolute atomic E-state index is 0.194. The number of hydrogen-bond acceptors (Lipinski definition) is 3. The molecule has 0 atom stereocenters. The van der Waals surface area contributed by atoms with Crippen LogP contribution in [0.2, 0.25) is 5.02 Å². The summed E-state index contributed by atoms with van der Waals surface area (Å²) < 4.78 is 27.0. The van der Waals surface area contributed by atoms with Crippen molar-refractivity contribution in [3.63, 3.8) is 0 Å². The first-order valence-electron chi connectivity index (χ1n) is 6.92. The van der Waals surface area contributed by atoms with Gasteiger partial charge in [-0.3, -0.25) is 0 Å². The first kappa shape index (κ1) is 15.6. The van der Waals surface area contributed by atoms with Crippen molar-refractivity contribution < 1.29 is 8.42 Å². The molecule has 0 aromatic heterocycles. The third kappa shape index (κ3) is 3.27. The number of sulfonamides is 1. The topological polar surface area (TPSA) is 63.4 Å². The highest BCUT2D eigenvalue weighted by molar-refractivity contribution is 7.89. The average molecular weight is 317 g/mol. The van der Waals surface area contributed by atoms with Gasteiger partial charge in [0.2, 0.25) is 10.0 Å². The van der Waals surface area contributed by atoms with E-state index < -0.39 is 10.0 Å². The van der Waals surface area contributed by atoms with E-state index in [2.05, 4.69) is 0 Å². The standard InChI is InChI=1S/C14H21ClN2O2S/c1-3-6-17(9-11-4-5-11)20(18,19)12-7-13(15)10(2)14(16)8-12/h7-8,11H,3-6,9,16H2,1-2H3. The first-order valence-corrected chi connectivity index (χ1v) is 8.73. The Kier molecular flexibility index (Phi) is 4.62. The van der Waals surface area contributed by atoms with Crippen molar-refractivity contribution in [2.24, 2.45) is 5.92 Å². The van der Waals surface area contributed by atoms with E-state index in [9.17, 15) is 8.42 Å². The Hall–Kier alpha value is -0.780. The number of nitrogens with two attached hydrogens (primary N) is 1. The molecule has 4 nitrogen and oxygen atoms in total. The van der Waals surface area contributed by atoms with Crippen LogP contribution in [0.4, 0.5) is 5.69 Å². The molecular formula is C14H21ClN2O2S. The Morgan fingerprint density at radius 3 is 2.55 bits per heavy atom. The monoisotopic (exact) mass is 316 g/mol. The molecule has 2 N–H and O–H groups in total. The molecule has 20 heavy (non-hydrogen) atoms. The van der Waals surface area contributed by atoms with Crippen LogP contribution in [0.25, 0.3) is 0 Å². The Morgan fingerprint density at radius 2 is 2.05 bits per heavy atom. The highest BCUT2D eigenvalue weighted by Crippen LogP contribution is 2.33. The SMILES string of the molecule is CCCN(CC1CC1)S(=O)(=O)c1cc(N)c(C)c(Cl)c1. The fourth-order valence-corrected chi connectivity index (χ4v) is 4.08. The van der Waals surface area contributed by atoms with Gasteiger partial charge < -0.3 is 5.73 Å². The van der Waals surface area contributed by atoms with Gasteiger partial charge in [0.15, 0.2) is 0 Å². The molecule has 0 saturated heterocycles. The second kappa shape index (κ2) is 5.92. The van der Waals surface area contributed by atoms with Crippen LogP contribution in [0.5, 0.6) is 0 Å². The molecule has 1 aromatic carbocycles. The Labute approximate surface area is 126 Å². The summed E-state index contributed by atoms with van der Waals surface area (Å²) in [6.45, 7) is 4.89. The highest BCUT2D eigenvalue weighted by atomic mass is 35.5. The van der Waals surface area contributed by atoms with Crippen LogP contribution in [-0.2, 0) is 10.0 Å². The lowest BCUT2D eigenvalue weighted by Gasteiger charge is -2.22. The molecule has 1 aliphatic carbocycles. The number of benzene rings is 1. The summed E-state index contributed by atoms with van der Waals surface area (Å²) in [6.07, 6.45) is 3.03. The summed E-state index contributed by atoms with van der Waals surface area (Å²) in [5.74, 6) is 0.509. The van der Waals surface area contributed by atoms with Gasteiger partial charge in [0.05, 0.1) is 4.90 Å². The van der Waals surface area contributed by atoms with Crippen LogP contribution in [0.1, 0.15) is 31.7 Å². The van der Waals surface area contributed by atoms with Crippen molar-refractivity contribution in [3.8, 4) is 0 Å². The number of hydrogen-bond donors (Lipinski definition) is 1. The zero-order chi connectivity index (χ0) is 14.9. The maximum absolute atomic E-state index is 12.7. The fraction of sp³-hybridized carbons (Fsp3) is 0.571. The second-order valence-electron chi connectivity index (χ2n) is 5.43. The lowest BCUT2D eigenvalue weighted by molar-refractivity contribution is 0.395. The molecule has 1 fully saturated rings.